The lowest BCUT2D eigenvalue weighted by atomic mass is 10.0. The smallest absolute Gasteiger partial charge is 0.124 e. The zero-order chi connectivity index (χ0) is 23.8. The van der Waals surface area contributed by atoms with E-state index in [9.17, 15) is 0 Å². The number of imidazole rings is 1. The molecule has 35 heavy (non-hydrogen) atoms. The number of aromatic amines is 1. The fourth-order valence-electron chi connectivity index (χ4n) is 5.05. The molecule has 5 heterocycles. The summed E-state index contributed by atoms with van der Waals surface area (Å²) in [6, 6.07) is 9.23. The van der Waals surface area contributed by atoms with E-state index in [2.05, 4.69) is 88.5 Å². The van der Waals surface area contributed by atoms with Gasteiger partial charge in [0, 0.05) is 28.4 Å². The van der Waals surface area contributed by atoms with E-state index in [0.717, 1.165) is 59.5 Å². The van der Waals surface area contributed by atoms with Crippen molar-refractivity contribution in [1.82, 2.24) is 20.6 Å². The van der Waals surface area contributed by atoms with Crippen molar-refractivity contribution in [2.45, 2.75) is 45.2 Å². The van der Waals surface area contributed by atoms with Crippen LogP contribution in [0.5, 0.6) is 0 Å². The van der Waals surface area contributed by atoms with Crippen molar-refractivity contribution in [3.8, 4) is 23.7 Å². The Morgan fingerprint density at radius 1 is 0.943 bits per heavy atom. The number of H-pyrrole nitrogens is 1. The van der Waals surface area contributed by atoms with Gasteiger partial charge in [0.15, 0.2) is 0 Å². The Hall–Kier alpha value is -3.16. The molecule has 0 unspecified atom stereocenters. The number of rotatable bonds is 2. The maximum Gasteiger partial charge on any atom is 0.124 e. The molecule has 5 nitrogen and oxygen atoms in total. The number of hydrogen-bond donors (Lipinski definition) is 3. The molecule has 3 N–H and O–H groups in total. The highest BCUT2D eigenvalue weighted by Crippen LogP contribution is 2.27. The summed E-state index contributed by atoms with van der Waals surface area (Å²) in [6.07, 6.45) is 7.18. The molecule has 6 heteroatoms. The predicted octanol–water partition coefficient (Wildman–Crippen LogP) is 4.77. The number of thiophene rings is 1. The van der Waals surface area contributed by atoms with Crippen molar-refractivity contribution in [3.05, 3.63) is 64.2 Å². The lowest BCUT2D eigenvalue weighted by Gasteiger charge is -2.08. The molecular weight excluding hydrogens is 450 g/mol. The topological polar surface area (TPSA) is 65.1 Å². The Balaban J connectivity index is 1.14. The van der Waals surface area contributed by atoms with Gasteiger partial charge in [-0.25, -0.2) is 9.98 Å². The molecule has 0 saturated carbocycles. The van der Waals surface area contributed by atoms with E-state index >= 15 is 0 Å². The first-order chi connectivity index (χ1) is 17.1. The zero-order valence-corrected chi connectivity index (χ0v) is 20.9. The second kappa shape index (κ2) is 9.47. The van der Waals surface area contributed by atoms with E-state index in [1.165, 1.54) is 22.2 Å². The van der Waals surface area contributed by atoms with Gasteiger partial charge in [0.25, 0.3) is 0 Å². The maximum absolute atomic E-state index is 4.78. The second-order valence-corrected chi connectivity index (χ2v) is 11.1. The third kappa shape index (κ3) is 4.97. The molecule has 2 saturated heterocycles. The molecule has 176 valence electrons. The summed E-state index contributed by atoms with van der Waals surface area (Å²) < 4.78 is 1.20. The number of aliphatic imine (C=N–C) groups is 1. The fourth-order valence-corrected chi connectivity index (χ4v) is 6.00. The molecule has 3 aliphatic heterocycles. The molecule has 2 aromatic heterocycles. The van der Waals surface area contributed by atoms with E-state index in [-0.39, 0.29) is 0 Å². The summed E-state index contributed by atoms with van der Waals surface area (Å²) in [7, 11) is 0. The Labute approximate surface area is 210 Å². The summed E-state index contributed by atoms with van der Waals surface area (Å²) in [6.45, 7) is 6.68. The molecular formula is C29H29N5S. The van der Waals surface area contributed by atoms with Crippen LogP contribution < -0.4 is 10.6 Å². The summed E-state index contributed by atoms with van der Waals surface area (Å²) in [5, 5.41) is 8.28. The first kappa shape index (κ1) is 22.3. The summed E-state index contributed by atoms with van der Waals surface area (Å²) >= 11 is 1.70. The van der Waals surface area contributed by atoms with Gasteiger partial charge in [-0.1, -0.05) is 25.8 Å². The number of hydrogen-bond acceptors (Lipinski definition) is 5. The standard InChI is InChI=1S/C29H29N5S/c1-18-11-26(30-15-18)25-10-8-22(33-25)6-4-20-3-5-21-14-24(35-28(21)13-20)9-7-23-17-32-29(34-23)27-12-19(2)16-31-27/h3,5,8,13-14,17-19,26-27,30-31H,10-12,15-16H2,1-2H3,(H,32,34)/t18-,19-,26-,27-/m0/s1. The van der Waals surface area contributed by atoms with Crippen LogP contribution in [0.15, 0.2) is 47.2 Å². The van der Waals surface area contributed by atoms with Gasteiger partial charge in [-0.3, -0.25) is 0 Å². The van der Waals surface area contributed by atoms with Crippen molar-refractivity contribution in [1.29, 1.82) is 0 Å². The first-order valence-electron chi connectivity index (χ1n) is 12.5. The number of fused-ring (bicyclic) bond motifs is 1. The molecule has 6 rings (SSSR count). The zero-order valence-electron chi connectivity index (χ0n) is 20.1. The van der Waals surface area contributed by atoms with E-state index in [1.54, 1.807) is 11.3 Å². The van der Waals surface area contributed by atoms with Gasteiger partial charge in [0.1, 0.15) is 17.2 Å². The number of allylic oxidation sites excluding steroid dienone is 2. The highest BCUT2D eigenvalue weighted by atomic mass is 32.1. The van der Waals surface area contributed by atoms with E-state index in [0.29, 0.717) is 18.0 Å². The average Bonchev–Trinajstić information content (AvgIpc) is 3.66. The van der Waals surface area contributed by atoms with Gasteiger partial charge in [0.2, 0.25) is 0 Å². The van der Waals surface area contributed by atoms with Gasteiger partial charge in [0.05, 0.1) is 17.1 Å². The number of aromatic nitrogens is 2. The largest absolute Gasteiger partial charge is 0.334 e. The SMILES string of the molecule is C[C@@H]1CN[C@H](C2=NC(C#Cc3ccc4cc(C#Cc5cnc([C@@H]6C[C@H](C)CN6)[nH]5)sc4c3)=CC2)C1. The van der Waals surface area contributed by atoms with Crippen molar-refractivity contribution in [2.24, 2.45) is 16.8 Å². The number of nitrogens with one attached hydrogen (secondary N) is 3. The average molecular weight is 480 g/mol. The van der Waals surface area contributed by atoms with Crippen LogP contribution in [-0.4, -0.2) is 34.8 Å². The normalized spacial score (nSPS) is 25.7. The van der Waals surface area contributed by atoms with Crippen LogP contribution >= 0.6 is 11.3 Å². The van der Waals surface area contributed by atoms with Crippen molar-refractivity contribution >= 4 is 27.1 Å². The molecule has 1 aromatic carbocycles. The fraction of sp³-hybridized carbons (Fsp3) is 0.379. The molecule has 0 radical (unpaired) electrons. The third-order valence-corrected chi connectivity index (χ3v) is 7.99. The number of nitrogens with zero attached hydrogens (tertiary/aromatic N) is 2. The quantitative estimate of drug-likeness (QED) is 0.464. The van der Waals surface area contributed by atoms with Gasteiger partial charge in [-0.2, -0.15) is 0 Å². The van der Waals surface area contributed by atoms with E-state index in [1.807, 2.05) is 6.20 Å². The molecule has 3 aromatic rings. The molecule has 0 aliphatic carbocycles. The minimum absolute atomic E-state index is 0.310. The van der Waals surface area contributed by atoms with Crippen LogP contribution in [0, 0.1) is 35.5 Å². The monoisotopic (exact) mass is 479 g/mol. The predicted molar refractivity (Wildman–Crippen MR) is 144 cm³/mol. The minimum atomic E-state index is 0.310. The third-order valence-electron chi connectivity index (χ3n) is 6.97. The molecule has 4 atom stereocenters. The molecule has 2 fully saturated rings. The van der Waals surface area contributed by atoms with Gasteiger partial charge in [-0.15, -0.1) is 11.3 Å². The van der Waals surface area contributed by atoms with Crippen LogP contribution in [0.4, 0.5) is 0 Å². The Kier molecular flexibility index (Phi) is 6.04. The maximum atomic E-state index is 4.78. The van der Waals surface area contributed by atoms with Crippen molar-refractivity contribution in [3.63, 3.8) is 0 Å². The molecule has 0 amide bonds. The Morgan fingerprint density at radius 2 is 1.77 bits per heavy atom. The lowest BCUT2D eigenvalue weighted by molar-refractivity contribution is 0.587. The second-order valence-electron chi connectivity index (χ2n) is 10.0. The van der Waals surface area contributed by atoms with Gasteiger partial charge >= 0.3 is 0 Å². The highest BCUT2D eigenvalue weighted by molar-refractivity contribution is 7.19. The Morgan fingerprint density at radius 3 is 2.57 bits per heavy atom. The van der Waals surface area contributed by atoms with Gasteiger partial charge < -0.3 is 15.6 Å². The Bertz CT molecular complexity index is 1450. The van der Waals surface area contributed by atoms with Crippen molar-refractivity contribution in [2.75, 3.05) is 13.1 Å². The van der Waals surface area contributed by atoms with Crippen LogP contribution in [0.2, 0.25) is 0 Å². The summed E-state index contributed by atoms with van der Waals surface area (Å²) in [5.41, 5.74) is 3.99. The molecule has 0 bridgehead atoms. The van der Waals surface area contributed by atoms with Gasteiger partial charge in [-0.05, 0) is 85.2 Å². The van der Waals surface area contributed by atoms with E-state index in [4.69, 9.17) is 4.99 Å². The highest BCUT2D eigenvalue weighted by Gasteiger charge is 2.26. The molecule has 0 spiro atoms. The summed E-state index contributed by atoms with van der Waals surface area (Å²) in [5.74, 6) is 15.5. The first-order valence-corrected chi connectivity index (χ1v) is 13.3. The minimum Gasteiger partial charge on any atom is -0.334 e. The molecule has 3 aliphatic rings. The van der Waals surface area contributed by atoms with E-state index < -0.39 is 0 Å². The lowest BCUT2D eigenvalue weighted by Crippen LogP contribution is -2.29. The van der Waals surface area contributed by atoms with Crippen molar-refractivity contribution < 1.29 is 0 Å². The summed E-state index contributed by atoms with van der Waals surface area (Å²) in [4.78, 5) is 13.7. The van der Waals surface area contributed by atoms with Crippen LogP contribution in [0.25, 0.3) is 10.1 Å². The van der Waals surface area contributed by atoms with Crippen LogP contribution in [-0.2, 0) is 0 Å². The van der Waals surface area contributed by atoms with Crippen LogP contribution in [0.1, 0.15) is 61.1 Å². The number of benzene rings is 1. The van der Waals surface area contributed by atoms with Crippen LogP contribution in [0.3, 0.4) is 0 Å².